The predicted molar refractivity (Wildman–Crippen MR) is 109 cm³/mol. The van der Waals surface area contributed by atoms with Crippen molar-refractivity contribution in [2.45, 2.75) is 11.0 Å². The molecule has 32 heavy (non-hydrogen) atoms. The Bertz CT molecular complexity index is 1130. The van der Waals surface area contributed by atoms with Crippen LogP contribution in [0, 0.1) is 17.5 Å². The highest BCUT2D eigenvalue weighted by Gasteiger charge is 2.34. The molecule has 2 aliphatic heterocycles. The molecule has 2 heterocycles. The van der Waals surface area contributed by atoms with E-state index in [1.807, 2.05) is 4.90 Å². The van der Waals surface area contributed by atoms with E-state index < -0.39 is 44.6 Å². The zero-order valence-electron chi connectivity index (χ0n) is 16.8. The molecule has 2 saturated heterocycles. The van der Waals surface area contributed by atoms with Crippen molar-refractivity contribution in [2.75, 3.05) is 49.2 Å². The number of benzene rings is 2. The average Bonchev–Trinajstić information content (AvgIpc) is 3.15. The third-order valence-electron chi connectivity index (χ3n) is 5.17. The van der Waals surface area contributed by atoms with Gasteiger partial charge in [-0.1, -0.05) is 0 Å². The van der Waals surface area contributed by atoms with Gasteiger partial charge in [0, 0.05) is 19.6 Å². The molecule has 4 rings (SSSR count). The van der Waals surface area contributed by atoms with Crippen LogP contribution in [0.25, 0.3) is 0 Å². The van der Waals surface area contributed by atoms with Crippen molar-refractivity contribution < 1.29 is 35.9 Å². The smallest absolute Gasteiger partial charge is 0.414 e. The third-order valence-corrected chi connectivity index (χ3v) is 6.59. The van der Waals surface area contributed by atoms with E-state index in [4.69, 9.17) is 9.47 Å². The fourth-order valence-electron chi connectivity index (χ4n) is 3.49. The number of amides is 1. The molecule has 2 aromatic rings. The summed E-state index contributed by atoms with van der Waals surface area (Å²) in [6.07, 6.45) is -1.61. The highest BCUT2D eigenvalue weighted by Crippen LogP contribution is 2.28. The molecule has 2 fully saturated rings. The highest BCUT2D eigenvalue weighted by atomic mass is 32.2. The van der Waals surface area contributed by atoms with E-state index in [0.717, 1.165) is 6.07 Å². The number of cyclic esters (lactones) is 1. The molecule has 1 amide bonds. The quantitative estimate of drug-likeness (QED) is 0.696. The van der Waals surface area contributed by atoms with Gasteiger partial charge in [-0.15, -0.1) is 0 Å². The second kappa shape index (κ2) is 8.96. The molecule has 0 spiro atoms. The Morgan fingerprint density at radius 1 is 1.00 bits per heavy atom. The van der Waals surface area contributed by atoms with Gasteiger partial charge in [0.05, 0.1) is 36.0 Å². The van der Waals surface area contributed by atoms with Gasteiger partial charge in [-0.05, 0) is 36.4 Å². The molecular formula is C20H20F3N3O5S. The van der Waals surface area contributed by atoms with Crippen molar-refractivity contribution in [3.05, 3.63) is 53.8 Å². The second-order valence-electron chi connectivity index (χ2n) is 7.28. The van der Waals surface area contributed by atoms with Crippen molar-refractivity contribution in [3.8, 4) is 0 Å². The van der Waals surface area contributed by atoms with Crippen LogP contribution in [0.2, 0.25) is 0 Å². The van der Waals surface area contributed by atoms with E-state index in [2.05, 4.69) is 4.72 Å². The Morgan fingerprint density at radius 2 is 1.75 bits per heavy atom. The van der Waals surface area contributed by atoms with E-state index in [1.54, 1.807) is 12.1 Å². The Balaban J connectivity index is 1.40. The van der Waals surface area contributed by atoms with Gasteiger partial charge in [-0.2, -0.15) is 0 Å². The maximum atomic E-state index is 14.7. The van der Waals surface area contributed by atoms with Crippen LogP contribution >= 0.6 is 0 Å². The fourth-order valence-corrected chi connectivity index (χ4v) is 4.57. The Labute approximate surface area is 182 Å². The summed E-state index contributed by atoms with van der Waals surface area (Å²) in [5, 5.41) is 0. The molecule has 2 aromatic carbocycles. The second-order valence-corrected chi connectivity index (χ2v) is 9.05. The number of halogens is 3. The van der Waals surface area contributed by atoms with E-state index in [1.165, 1.54) is 11.0 Å². The lowest BCUT2D eigenvalue weighted by atomic mass is 10.2. The third kappa shape index (κ3) is 4.66. The maximum Gasteiger partial charge on any atom is 0.414 e. The number of anilines is 2. The molecule has 2 aliphatic rings. The number of hydrogen-bond donors (Lipinski definition) is 1. The summed E-state index contributed by atoms with van der Waals surface area (Å²) in [5.74, 6) is -2.97. The van der Waals surface area contributed by atoms with Gasteiger partial charge in [-0.3, -0.25) is 4.90 Å². The minimum Gasteiger partial charge on any atom is -0.443 e. The molecule has 0 radical (unpaired) electrons. The van der Waals surface area contributed by atoms with E-state index >= 15 is 0 Å². The molecule has 0 saturated carbocycles. The van der Waals surface area contributed by atoms with Gasteiger partial charge >= 0.3 is 6.09 Å². The van der Waals surface area contributed by atoms with Crippen molar-refractivity contribution in [2.24, 2.45) is 0 Å². The molecule has 1 atom stereocenters. The molecular weight excluding hydrogens is 451 g/mol. The van der Waals surface area contributed by atoms with Gasteiger partial charge in [0.1, 0.15) is 11.9 Å². The zero-order valence-corrected chi connectivity index (χ0v) is 17.6. The first kappa shape index (κ1) is 22.4. The first-order valence-electron chi connectivity index (χ1n) is 9.80. The lowest BCUT2D eigenvalue weighted by Crippen LogP contribution is -2.37. The number of rotatable bonds is 6. The number of hydrogen-bond acceptors (Lipinski definition) is 6. The van der Waals surface area contributed by atoms with Crippen LogP contribution in [0.3, 0.4) is 0 Å². The normalized spacial score (nSPS) is 19.3. The molecule has 1 N–H and O–H groups in total. The molecule has 0 bridgehead atoms. The predicted octanol–water partition coefficient (Wildman–Crippen LogP) is 2.24. The van der Waals surface area contributed by atoms with Crippen LogP contribution in [-0.4, -0.2) is 60.0 Å². The molecule has 12 heteroatoms. The van der Waals surface area contributed by atoms with Crippen LogP contribution < -0.4 is 14.5 Å². The summed E-state index contributed by atoms with van der Waals surface area (Å²) in [6.45, 7) is 1.81. The summed E-state index contributed by atoms with van der Waals surface area (Å²) >= 11 is 0. The summed E-state index contributed by atoms with van der Waals surface area (Å²) < 4.78 is 78.3. The number of sulfonamides is 1. The number of nitrogens with one attached hydrogen (secondary N) is 1. The van der Waals surface area contributed by atoms with E-state index in [0.29, 0.717) is 44.1 Å². The summed E-state index contributed by atoms with van der Waals surface area (Å²) in [4.78, 5) is 14.8. The SMILES string of the molecule is O=C1O[C@@H](CNS(=O)(=O)c2ccc(F)c(F)c2)CN1c1ccc(N2CCOCC2)c(F)c1. The fraction of sp³-hybridized carbons (Fsp3) is 0.350. The largest absolute Gasteiger partial charge is 0.443 e. The lowest BCUT2D eigenvalue weighted by Gasteiger charge is -2.29. The minimum atomic E-state index is -4.15. The molecule has 0 aliphatic carbocycles. The van der Waals surface area contributed by atoms with Gasteiger partial charge < -0.3 is 14.4 Å². The number of carbonyl (C=O) groups excluding carboxylic acids is 1. The van der Waals surface area contributed by atoms with Crippen LogP contribution in [0.1, 0.15) is 0 Å². The van der Waals surface area contributed by atoms with Gasteiger partial charge in [-0.25, -0.2) is 31.1 Å². The summed E-state index contributed by atoms with van der Waals surface area (Å²) in [7, 11) is -4.15. The van der Waals surface area contributed by atoms with Crippen molar-refractivity contribution in [1.82, 2.24) is 4.72 Å². The number of ether oxygens (including phenoxy) is 2. The monoisotopic (exact) mass is 471 g/mol. The van der Waals surface area contributed by atoms with Crippen LogP contribution in [-0.2, 0) is 19.5 Å². The number of nitrogens with zero attached hydrogens (tertiary/aromatic N) is 2. The molecule has 8 nitrogen and oxygen atoms in total. The zero-order chi connectivity index (χ0) is 22.9. The molecule has 0 aromatic heterocycles. The number of carbonyl (C=O) groups is 1. The molecule has 172 valence electrons. The van der Waals surface area contributed by atoms with Crippen molar-refractivity contribution in [3.63, 3.8) is 0 Å². The van der Waals surface area contributed by atoms with Crippen molar-refractivity contribution in [1.29, 1.82) is 0 Å². The van der Waals surface area contributed by atoms with Crippen LogP contribution in [0.15, 0.2) is 41.3 Å². The van der Waals surface area contributed by atoms with Gasteiger partial charge in [0.15, 0.2) is 11.6 Å². The standard InChI is InChI=1S/C20H20F3N3O5S/c21-16-3-2-15(10-17(16)22)32(28,29)24-11-14-12-26(20(27)31-14)13-1-4-19(18(23)9-13)25-5-7-30-8-6-25/h1-4,9-10,14,24H,5-8,11-12H2/t14-/m0/s1. The Morgan fingerprint density at radius 3 is 2.44 bits per heavy atom. The van der Waals surface area contributed by atoms with E-state index in [-0.39, 0.29) is 18.8 Å². The topological polar surface area (TPSA) is 88.2 Å². The van der Waals surface area contributed by atoms with Crippen molar-refractivity contribution >= 4 is 27.5 Å². The van der Waals surface area contributed by atoms with Crippen LogP contribution in [0.5, 0.6) is 0 Å². The highest BCUT2D eigenvalue weighted by molar-refractivity contribution is 7.89. The average molecular weight is 471 g/mol. The van der Waals surface area contributed by atoms with Gasteiger partial charge in [0.25, 0.3) is 0 Å². The Kier molecular flexibility index (Phi) is 6.26. The molecule has 0 unspecified atom stereocenters. The van der Waals surface area contributed by atoms with Crippen LogP contribution in [0.4, 0.5) is 29.3 Å². The number of morpholine rings is 1. The summed E-state index contributed by atoms with van der Waals surface area (Å²) in [5.41, 5.74) is 0.677. The Hall–Kier alpha value is -2.83. The first-order valence-corrected chi connectivity index (χ1v) is 11.3. The summed E-state index contributed by atoms with van der Waals surface area (Å²) in [6, 6.07) is 6.57. The maximum absolute atomic E-state index is 14.7. The van der Waals surface area contributed by atoms with Gasteiger partial charge in [0.2, 0.25) is 10.0 Å². The first-order chi connectivity index (χ1) is 15.2. The minimum absolute atomic E-state index is 0.0184. The van der Waals surface area contributed by atoms with E-state index in [9.17, 15) is 26.4 Å². The lowest BCUT2D eigenvalue weighted by molar-refractivity contribution is 0.122.